The van der Waals surface area contributed by atoms with Crippen LogP contribution >= 0.6 is 0 Å². The molecule has 4 aliphatic carbocycles. The first-order chi connectivity index (χ1) is 19.0. The van der Waals surface area contributed by atoms with E-state index >= 15 is 0 Å². The van der Waals surface area contributed by atoms with E-state index in [1.165, 1.54) is 28.5 Å². The third-order valence-electron chi connectivity index (χ3n) is 9.71. The zero-order valence-corrected chi connectivity index (χ0v) is 24.3. The fourth-order valence-corrected chi connectivity index (χ4v) is 8.35. The van der Waals surface area contributed by atoms with Crippen LogP contribution in [-0.4, -0.2) is 45.3 Å². The number of rotatable bonds is 3. The molecule has 2 fully saturated rings. The Morgan fingerprint density at radius 1 is 0.975 bits per heavy atom. The average molecular weight is 556 g/mol. The third-order valence-corrected chi connectivity index (χ3v) is 10.8. The Hall–Kier alpha value is -3.14. The summed E-state index contributed by atoms with van der Waals surface area (Å²) in [4.78, 5) is 14.6. The van der Waals surface area contributed by atoms with E-state index < -0.39 is 15.4 Å². The van der Waals surface area contributed by atoms with Crippen LogP contribution in [0, 0.1) is 29.6 Å². The molecule has 0 saturated heterocycles. The van der Waals surface area contributed by atoms with E-state index in [2.05, 4.69) is 41.0 Å². The van der Waals surface area contributed by atoms with E-state index in [9.17, 15) is 18.3 Å². The fraction of sp³-hybridized carbons (Fsp3) is 0.441. The molecule has 0 radical (unpaired) electrons. The molecular formula is C34H37NO4S. The molecule has 0 heterocycles. The molecule has 40 heavy (non-hydrogen) atoms. The van der Waals surface area contributed by atoms with Gasteiger partial charge in [0.05, 0.1) is 4.90 Å². The summed E-state index contributed by atoms with van der Waals surface area (Å²) in [6, 6.07) is 15.4. The standard InChI is InChI=1S/C34H37NO4S/c1-35(2)25-9-6-23(7-10-25)31-21-32-29(30-14-8-24-20-26(36)11-15-28(24)33(30)31)17-19-34(32,37)18-16-22-4-12-27(13-5-22)40(3,38)39/h4-7,9-10,12-13,20,29-32,37H,8,11,14-15,17,19,21H2,1-3H3/t29-,30-,31+,32?,34-/m0/s1. The molecule has 208 valence electrons. The van der Waals surface area contributed by atoms with Crippen molar-refractivity contribution in [1.82, 2.24) is 0 Å². The van der Waals surface area contributed by atoms with Gasteiger partial charge < -0.3 is 10.0 Å². The number of allylic oxidation sites excluding steroid dienone is 4. The van der Waals surface area contributed by atoms with Gasteiger partial charge in [0.2, 0.25) is 0 Å². The number of aliphatic hydroxyl groups is 1. The van der Waals surface area contributed by atoms with Gasteiger partial charge in [0.25, 0.3) is 0 Å². The van der Waals surface area contributed by atoms with Gasteiger partial charge in [-0.1, -0.05) is 29.5 Å². The Balaban J connectivity index is 1.38. The first-order valence-corrected chi connectivity index (χ1v) is 16.2. The molecule has 5 atom stereocenters. The second-order valence-corrected chi connectivity index (χ2v) is 14.3. The van der Waals surface area contributed by atoms with Gasteiger partial charge in [0, 0.05) is 49.9 Å². The molecule has 1 N–H and O–H groups in total. The number of ketones is 1. The minimum atomic E-state index is -3.27. The molecule has 2 saturated carbocycles. The van der Waals surface area contributed by atoms with E-state index in [4.69, 9.17) is 0 Å². The van der Waals surface area contributed by atoms with Crippen LogP contribution in [0.1, 0.15) is 62.0 Å². The Morgan fingerprint density at radius 3 is 2.38 bits per heavy atom. The highest BCUT2D eigenvalue weighted by Crippen LogP contribution is 2.61. The van der Waals surface area contributed by atoms with E-state index in [1.54, 1.807) is 24.3 Å². The van der Waals surface area contributed by atoms with Crippen molar-refractivity contribution < 1.29 is 18.3 Å². The molecule has 0 bridgehead atoms. The molecule has 2 aromatic rings. The van der Waals surface area contributed by atoms with Gasteiger partial charge in [-0.2, -0.15) is 0 Å². The number of benzene rings is 2. The van der Waals surface area contributed by atoms with Crippen molar-refractivity contribution >= 4 is 21.3 Å². The fourth-order valence-electron chi connectivity index (χ4n) is 7.72. The molecule has 0 aromatic heterocycles. The topological polar surface area (TPSA) is 74.7 Å². The number of hydrogen-bond acceptors (Lipinski definition) is 5. The van der Waals surface area contributed by atoms with Crippen molar-refractivity contribution in [1.29, 1.82) is 0 Å². The molecule has 0 aliphatic heterocycles. The van der Waals surface area contributed by atoms with E-state index in [0.717, 1.165) is 37.8 Å². The smallest absolute Gasteiger partial charge is 0.175 e. The Labute approximate surface area is 237 Å². The van der Waals surface area contributed by atoms with Crippen LogP contribution in [0.3, 0.4) is 0 Å². The van der Waals surface area contributed by atoms with Crippen molar-refractivity contribution in [3.8, 4) is 11.8 Å². The number of carbonyl (C=O) groups excluding carboxylic acids is 1. The Kier molecular flexibility index (Phi) is 6.79. The zero-order valence-electron chi connectivity index (χ0n) is 23.5. The number of hydrogen-bond donors (Lipinski definition) is 1. The first-order valence-electron chi connectivity index (χ1n) is 14.3. The summed E-state index contributed by atoms with van der Waals surface area (Å²) < 4.78 is 23.7. The maximum atomic E-state index is 12.3. The first kappa shape index (κ1) is 27.1. The highest BCUT2D eigenvalue weighted by atomic mass is 32.2. The monoisotopic (exact) mass is 555 g/mol. The summed E-state index contributed by atoms with van der Waals surface area (Å²) in [6.45, 7) is 0. The molecule has 0 amide bonds. The summed E-state index contributed by atoms with van der Waals surface area (Å²) in [6.07, 6.45) is 8.87. The number of fused-ring (bicyclic) bond motifs is 4. The minimum Gasteiger partial charge on any atom is -0.378 e. The van der Waals surface area contributed by atoms with E-state index in [1.807, 2.05) is 20.2 Å². The molecule has 1 unspecified atom stereocenters. The van der Waals surface area contributed by atoms with Crippen molar-refractivity contribution in [2.75, 3.05) is 25.3 Å². The quantitative estimate of drug-likeness (QED) is 0.510. The molecule has 5 nitrogen and oxygen atoms in total. The van der Waals surface area contributed by atoms with E-state index in [0.29, 0.717) is 30.2 Å². The molecular weight excluding hydrogens is 518 g/mol. The van der Waals surface area contributed by atoms with Gasteiger partial charge in [0.1, 0.15) is 5.60 Å². The van der Waals surface area contributed by atoms with Crippen LogP contribution in [0.15, 0.2) is 76.2 Å². The maximum absolute atomic E-state index is 12.3. The van der Waals surface area contributed by atoms with Crippen LogP contribution in [-0.2, 0) is 14.6 Å². The van der Waals surface area contributed by atoms with Gasteiger partial charge in [-0.05, 0) is 110 Å². The highest BCUT2D eigenvalue weighted by Gasteiger charge is 2.55. The largest absolute Gasteiger partial charge is 0.378 e. The predicted molar refractivity (Wildman–Crippen MR) is 158 cm³/mol. The summed E-state index contributed by atoms with van der Waals surface area (Å²) >= 11 is 0. The van der Waals surface area contributed by atoms with Crippen molar-refractivity contribution in [2.24, 2.45) is 17.8 Å². The lowest BCUT2D eigenvalue weighted by Gasteiger charge is -2.48. The van der Waals surface area contributed by atoms with Crippen molar-refractivity contribution in [3.63, 3.8) is 0 Å². The lowest BCUT2D eigenvalue weighted by atomic mass is 9.57. The molecule has 4 aliphatic rings. The predicted octanol–water partition coefficient (Wildman–Crippen LogP) is 5.45. The summed E-state index contributed by atoms with van der Waals surface area (Å²) in [5, 5.41) is 12.0. The Morgan fingerprint density at radius 2 is 1.70 bits per heavy atom. The van der Waals surface area contributed by atoms with Gasteiger partial charge in [-0.3, -0.25) is 4.79 Å². The maximum Gasteiger partial charge on any atom is 0.175 e. The molecule has 2 aromatic carbocycles. The number of nitrogens with zero attached hydrogens (tertiary/aromatic N) is 1. The van der Waals surface area contributed by atoms with Crippen molar-refractivity contribution in [3.05, 3.63) is 82.5 Å². The number of carbonyl (C=O) groups is 1. The summed E-state index contributed by atoms with van der Waals surface area (Å²) in [5.41, 5.74) is 6.20. The molecule has 6 heteroatoms. The molecule has 6 rings (SSSR count). The third kappa shape index (κ3) is 4.84. The van der Waals surface area contributed by atoms with Gasteiger partial charge in [0.15, 0.2) is 15.6 Å². The molecule has 0 spiro atoms. The van der Waals surface area contributed by atoms with E-state index in [-0.39, 0.29) is 22.5 Å². The van der Waals surface area contributed by atoms with Crippen LogP contribution in [0.5, 0.6) is 0 Å². The van der Waals surface area contributed by atoms with Crippen LogP contribution < -0.4 is 4.90 Å². The number of sulfone groups is 1. The second-order valence-electron chi connectivity index (χ2n) is 12.3. The summed E-state index contributed by atoms with van der Waals surface area (Å²) in [7, 11) is 0.823. The van der Waals surface area contributed by atoms with Gasteiger partial charge in [-0.25, -0.2) is 8.42 Å². The van der Waals surface area contributed by atoms with Gasteiger partial charge in [-0.15, -0.1) is 0 Å². The van der Waals surface area contributed by atoms with Gasteiger partial charge >= 0.3 is 0 Å². The number of anilines is 1. The average Bonchev–Trinajstić information content (AvgIpc) is 3.27. The van der Waals surface area contributed by atoms with Crippen LogP contribution in [0.25, 0.3) is 0 Å². The lowest BCUT2D eigenvalue weighted by Crippen LogP contribution is -2.42. The van der Waals surface area contributed by atoms with Crippen molar-refractivity contribution in [2.45, 2.75) is 61.4 Å². The lowest BCUT2D eigenvalue weighted by molar-refractivity contribution is -0.114. The SMILES string of the molecule is CN(C)c1ccc([C@H]2CC3[C@@H](CC[C@@]3(O)C#Cc3ccc(S(C)(=O)=O)cc3)[C@@H]3CCC4=CC(=O)CCC4=C32)cc1. The second kappa shape index (κ2) is 10.0. The van der Waals surface area contributed by atoms with Crippen LogP contribution in [0.2, 0.25) is 0 Å². The minimum absolute atomic E-state index is 0.0546. The van der Waals surface area contributed by atoms with Crippen LogP contribution in [0.4, 0.5) is 5.69 Å². The normalized spacial score (nSPS) is 29.5. The highest BCUT2D eigenvalue weighted by molar-refractivity contribution is 7.90. The summed E-state index contributed by atoms with van der Waals surface area (Å²) in [5.74, 6) is 7.69. The zero-order chi connectivity index (χ0) is 28.2. The Bertz CT molecular complexity index is 1570.